The van der Waals surface area contributed by atoms with Gasteiger partial charge in [0.1, 0.15) is 0 Å². The molecule has 0 bridgehead atoms. The van der Waals surface area contributed by atoms with Gasteiger partial charge in [0.2, 0.25) is 0 Å². The van der Waals surface area contributed by atoms with Crippen LogP contribution in [0.25, 0.3) is 0 Å². The van der Waals surface area contributed by atoms with Crippen molar-refractivity contribution in [2.45, 2.75) is 52.4 Å². The van der Waals surface area contributed by atoms with Gasteiger partial charge in [-0.3, -0.25) is 0 Å². The first-order chi connectivity index (χ1) is 6.31. The molecule has 0 fully saturated rings. The first-order valence-electron chi connectivity index (χ1n) is 5.58. The average molecular weight is 184 g/mol. The molecule has 0 aromatic rings. The molecule has 0 amide bonds. The van der Waals surface area contributed by atoms with Crippen molar-refractivity contribution in [1.82, 2.24) is 0 Å². The molecule has 0 heterocycles. The zero-order chi connectivity index (χ0) is 9.94. The van der Waals surface area contributed by atoms with E-state index in [1.165, 1.54) is 25.7 Å². The van der Waals surface area contributed by atoms with Crippen LogP contribution in [0, 0.1) is 5.92 Å². The molecule has 1 heteroatoms. The molecule has 1 nitrogen and oxygen atoms in total. The van der Waals surface area contributed by atoms with Crippen LogP contribution in [-0.4, -0.2) is 11.7 Å². The lowest BCUT2D eigenvalue weighted by Crippen LogP contribution is -1.89. The zero-order valence-electron chi connectivity index (χ0n) is 9.13. The van der Waals surface area contributed by atoms with Crippen LogP contribution in [0.1, 0.15) is 52.4 Å². The van der Waals surface area contributed by atoms with E-state index in [0.717, 1.165) is 12.8 Å². The Hall–Kier alpha value is -0.300. The SMILES string of the molecule is CCCCCC(C)C=CCCCO. The van der Waals surface area contributed by atoms with Gasteiger partial charge < -0.3 is 5.11 Å². The van der Waals surface area contributed by atoms with Gasteiger partial charge in [-0.25, -0.2) is 0 Å². The van der Waals surface area contributed by atoms with Crippen molar-refractivity contribution in [3.8, 4) is 0 Å². The fraction of sp³-hybridized carbons (Fsp3) is 0.833. The highest BCUT2D eigenvalue weighted by Gasteiger charge is 1.95. The van der Waals surface area contributed by atoms with Crippen LogP contribution in [-0.2, 0) is 0 Å². The number of unbranched alkanes of at least 4 members (excludes halogenated alkanes) is 3. The predicted octanol–water partition coefficient (Wildman–Crippen LogP) is 3.53. The van der Waals surface area contributed by atoms with Crippen LogP contribution in [0.2, 0.25) is 0 Å². The number of allylic oxidation sites excluding steroid dienone is 2. The Bertz CT molecular complexity index is 118. The van der Waals surface area contributed by atoms with Gasteiger partial charge >= 0.3 is 0 Å². The number of aliphatic hydroxyl groups is 1. The van der Waals surface area contributed by atoms with E-state index in [9.17, 15) is 0 Å². The van der Waals surface area contributed by atoms with Crippen molar-refractivity contribution in [2.75, 3.05) is 6.61 Å². The Kier molecular flexibility index (Phi) is 9.56. The summed E-state index contributed by atoms with van der Waals surface area (Å²) in [7, 11) is 0. The van der Waals surface area contributed by atoms with Gasteiger partial charge in [-0.15, -0.1) is 0 Å². The van der Waals surface area contributed by atoms with E-state index >= 15 is 0 Å². The fourth-order valence-corrected chi connectivity index (χ4v) is 1.35. The van der Waals surface area contributed by atoms with Gasteiger partial charge in [0, 0.05) is 6.61 Å². The molecule has 0 rings (SSSR count). The minimum absolute atomic E-state index is 0.314. The maximum Gasteiger partial charge on any atom is 0.0433 e. The molecule has 0 aliphatic rings. The molecule has 0 aliphatic carbocycles. The largest absolute Gasteiger partial charge is 0.396 e. The van der Waals surface area contributed by atoms with E-state index in [1.54, 1.807) is 0 Å². The second-order valence-corrected chi connectivity index (χ2v) is 3.77. The molecular formula is C12H24O. The Morgan fingerprint density at radius 2 is 2.00 bits per heavy atom. The maximum atomic E-state index is 8.57. The number of hydrogen-bond donors (Lipinski definition) is 1. The zero-order valence-corrected chi connectivity index (χ0v) is 9.13. The molecule has 0 aromatic heterocycles. The highest BCUT2D eigenvalue weighted by atomic mass is 16.2. The van der Waals surface area contributed by atoms with E-state index in [-0.39, 0.29) is 0 Å². The van der Waals surface area contributed by atoms with E-state index in [1.807, 2.05) is 0 Å². The molecular weight excluding hydrogens is 160 g/mol. The lowest BCUT2D eigenvalue weighted by molar-refractivity contribution is 0.289. The molecule has 0 saturated heterocycles. The highest BCUT2D eigenvalue weighted by molar-refractivity contribution is 4.86. The molecule has 0 saturated carbocycles. The number of hydrogen-bond acceptors (Lipinski definition) is 1. The van der Waals surface area contributed by atoms with Crippen LogP contribution < -0.4 is 0 Å². The quantitative estimate of drug-likeness (QED) is 0.452. The summed E-state index contributed by atoms with van der Waals surface area (Å²) in [6, 6.07) is 0. The summed E-state index contributed by atoms with van der Waals surface area (Å²) < 4.78 is 0. The molecule has 13 heavy (non-hydrogen) atoms. The van der Waals surface area contributed by atoms with Gasteiger partial charge in [-0.1, -0.05) is 45.3 Å². The third kappa shape index (κ3) is 9.62. The number of aliphatic hydroxyl groups excluding tert-OH is 1. The predicted molar refractivity (Wildman–Crippen MR) is 58.8 cm³/mol. The van der Waals surface area contributed by atoms with Gasteiger partial charge in [-0.2, -0.15) is 0 Å². The maximum absolute atomic E-state index is 8.57. The summed E-state index contributed by atoms with van der Waals surface area (Å²) in [4.78, 5) is 0. The average Bonchev–Trinajstić information content (AvgIpc) is 2.13. The second-order valence-electron chi connectivity index (χ2n) is 3.77. The molecule has 0 aliphatic heterocycles. The minimum Gasteiger partial charge on any atom is -0.396 e. The van der Waals surface area contributed by atoms with Gasteiger partial charge in [0.15, 0.2) is 0 Å². The summed E-state index contributed by atoms with van der Waals surface area (Å²) in [6.45, 7) is 4.82. The third-order valence-corrected chi connectivity index (χ3v) is 2.26. The van der Waals surface area contributed by atoms with Crippen molar-refractivity contribution < 1.29 is 5.11 Å². The first-order valence-corrected chi connectivity index (χ1v) is 5.58. The summed E-state index contributed by atoms with van der Waals surface area (Å²) in [6.07, 6.45) is 11.7. The van der Waals surface area contributed by atoms with Crippen molar-refractivity contribution in [3.05, 3.63) is 12.2 Å². The van der Waals surface area contributed by atoms with Crippen LogP contribution in [0.15, 0.2) is 12.2 Å². The Morgan fingerprint density at radius 3 is 2.62 bits per heavy atom. The van der Waals surface area contributed by atoms with Crippen LogP contribution in [0.4, 0.5) is 0 Å². The lowest BCUT2D eigenvalue weighted by atomic mass is 10.0. The Morgan fingerprint density at radius 1 is 1.23 bits per heavy atom. The molecule has 0 aromatic carbocycles. The smallest absolute Gasteiger partial charge is 0.0433 e. The van der Waals surface area contributed by atoms with E-state index in [4.69, 9.17) is 5.11 Å². The van der Waals surface area contributed by atoms with Crippen LogP contribution in [0.3, 0.4) is 0 Å². The fourth-order valence-electron chi connectivity index (χ4n) is 1.35. The van der Waals surface area contributed by atoms with Gasteiger partial charge in [-0.05, 0) is 25.2 Å². The minimum atomic E-state index is 0.314. The van der Waals surface area contributed by atoms with Gasteiger partial charge in [0.25, 0.3) is 0 Å². The normalized spacial score (nSPS) is 13.8. The standard InChI is InChI=1S/C12H24O/c1-3-4-6-9-12(2)10-7-5-8-11-13/h7,10,12-13H,3-6,8-9,11H2,1-2H3. The van der Waals surface area contributed by atoms with Crippen molar-refractivity contribution in [1.29, 1.82) is 0 Å². The monoisotopic (exact) mass is 184 g/mol. The van der Waals surface area contributed by atoms with Crippen molar-refractivity contribution in [3.63, 3.8) is 0 Å². The van der Waals surface area contributed by atoms with Crippen molar-refractivity contribution in [2.24, 2.45) is 5.92 Å². The number of rotatable bonds is 8. The lowest BCUT2D eigenvalue weighted by Gasteiger charge is -2.04. The Balaban J connectivity index is 3.27. The van der Waals surface area contributed by atoms with Crippen LogP contribution >= 0.6 is 0 Å². The summed E-state index contributed by atoms with van der Waals surface area (Å²) >= 11 is 0. The molecule has 0 radical (unpaired) electrons. The van der Waals surface area contributed by atoms with Crippen LogP contribution in [0.5, 0.6) is 0 Å². The van der Waals surface area contributed by atoms with E-state index in [0.29, 0.717) is 12.5 Å². The van der Waals surface area contributed by atoms with E-state index < -0.39 is 0 Å². The molecule has 1 N–H and O–H groups in total. The summed E-state index contributed by atoms with van der Waals surface area (Å²) in [5, 5.41) is 8.57. The molecule has 1 unspecified atom stereocenters. The summed E-state index contributed by atoms with van der Waals surface area (Å²) in [5.41, 5.74) is 0. The highest BCUT2D eigenvalue weighted by Crippen LogP contribution is 2.10. The van der Waals surface area contributed by atoms with Gasteiger partial charge in [0.05, 0.1) is 0 Å². The first kappa shape index (κ1) is 12.7. The van der Waals surface area contributed by atoms with Crippen molar-refractivity contribution >= 4 is 0 Å². The third-order valence-electron chi connectivity index (χ3n) is 2.26. The molecule has 78 valence electrons. The molecule has 0 spiro atoms. The van der Waals surface area contributed by atoms with E-state index in [2.05, 4.69) is 26.0 Å². The summed E-state index contributed by atoms with van der Waals surface area (Å²) in [5.74, 6) is 0.713. The second kappa shape index (κ2) is 9.79. The Labute approximate surface area is 82.9 Å². The topological polar surface area (TPSA) is 20.2 Å². The molecule has 1 atom stereocenters.